The van der Waals surface area contributed by atoms with Gasteiger partial charge in [-0.25, -0.2) is 0 Å². The van der Waals surface area contributed by atoms with E-state index in [0.29, 0.717) is 6.54 Å². The lowest BCUT2D eigenvalue weighted by molar-refractivity contribution is -0.123. The summed E-state index contributed by atoms with van der Waals surface area (Å²) in [5, 5.41) is 3.14. The monoisotopic (exact) mass is 238 g/mol. The number of nitrogens with one attached hydrogen (secondary N) is 1. The molecule has 17 heavy (non-hydrogen) atoms. The van der Waals surface area contributed by atoms with Crippen LogP contribution in [0.4, 0.5) is 0 Å². The highest BCUT2D eigenvalue weighted by Crippen LogP contribution is 2.51. The number of carbonyl (C=O) groups excluding carboxylic acids is 1. The topological polar surface area (TPSA) is 55.1 Å². The molecule has 2 rings (SSSR count). The summed E-state index contributed by atoms with van der Waals surface area (Å²) in [6, 6.07) is 0. The van der Waals surface area contributed by atoms with Crippen LogP contribution in [0.15, 0.2) is 0 Å². The smallest absolute Gasteiger partial charge is 0.223 e. The van der Waals surface area contributed by atoms with Crippen LogP contribution < -0.4 is 11.1 Å². The van der Waals surface area contributed by atoms with Crippen molar-refractivity contribution in [2.24, 2.45) is 22.5 Å². The fourth-order valence-corrected chi connectivity index (χ4v) is 3.07. The maximum Gasteiger partial charge on any atom is 0.223 e. The number of nitrogens with two attached hydrogens (primary N) is 1. The minimum atomic E-state index is 0.187. The zero-order valence-corrected chi connectivity index (χ0v) is 11.2. The van der Waals surface area contributed by atoms with Crippen molar-refractivity contribution in [2.75, 3.05) is 13.1 Å². The van der Waals surface area contributed by atoms with Crippen molar-refractivity contribution in [3.05, 3.63) is 0 Å². The zero-order valence-electron chi connectivity index (χ0n) is 11.2. The van der Waals surface area contributed by atoms with Gasteiger partial charge in [0.25, 0.3) is 0 Å². The molecule has 0 radical (unpaired) electrons. The molecule has 2 fully saturated rings. The number of rotatable bonds is 4. The lowest BCUT2D eigenvalue weighted by Gasteiger charge is -2.36. The Balaban J connectivity index is 1.82. The molecule has 2 aliphatic carbocycles. The van der Waals surface area contributed by atoms with E-state index >= 15 is 0 Å². The van der Waals surface area contributed by atoms with E-state index < -0.39 is 0 Å². The first-order valence-corrected chi connectivity index (χ1v) is 6.97. The fraction of sp³-hybridized carbons (Fsp3) is 0.929. The second-order valence-corrected chi connectivity index (χ2v) is 6.73. The molecule has 0 aromatic heterocycles. The van der Waals surface area contributed by atoms with Crippen molar-refractivity contribution in [1.29, 1.82) is 0 Å². The van der Waals surface area contributed by atoms with Crippen LogP contribution in [0.2, 0.25) is 0 Å². The van der Waals surface area contributed by atoms with E-state index in [1.165, 1.54) is 32.1 Å². The molecular formula is C14H26N2O. The first-order valence-electron chi connectivity index (χ1n) is 6.97. The quantitative estimate of drug-likeness (QED) is 0.787. The minimum Gasteiger partial charge on any atom is -0.355 e. The molecule has 2 aliphatic rings. The Labute approximate surface area is 105 Å². The third kappa shape index (κ3) is 2.82. The van der Waals surface area contributed by atoms with Crippen LogP contribution in [0.5, 0.6) is 0 Å². The van der Waals surface area contributed by atoms with Gasteiger partial charge >= 0.3 is 0 Å². The number of hydrogen-bond acceptors (Lipinski definition) is 2. The molecule has 0 bridgehead atoms. The Bertz CT molecular complexity index is 293. The summed E-state index contributed by atoms with van der Waals surface area (Å²) in [5.74, 6) is 0.481. The molecule has 0 spiro atoms. The average Bonchev–Trinajstić information content (AvgIpc) is 2.97. The summed E-state index contributed by atoms with van der Waals surface area (Å²) in [6.45, 7) is 5.82. The summed E-state index contributed by atoms with van der Waals surface area (Å²) < 4.78 is 0. The van der Waals surface area contributed by atoms with Gasteiger partial charge in [0.1, 0.15) is 0 Å². The Kier molecular flexibility index (Phi) is 3.48. The molecule has 3 heteroatoms. The van der Waals surface area contributed by atoms with Crippen LogP contribution in [0.3, 0.4) is 0 Å². The molecule has 3 N–H and O–H groups in total. The second kappa shape index (κ2) is 4.60. The van der Waals surface area contributed by atoms with Gasteiger partial charge in [-0.15, -0.1) is 0 Å². The molecule has 1 unspecified atom stereocenters. The molecule has 0 aromatic rings. The first kappa shape index (κ1) is 12.9. The normalized spacial score (nSPS) is 29.7. The summed E-state index contributed by atoms with van der Waals surface area (Å²) in [7, 11) is 0. The van der Waals surface area contributed by atoms with Crippen LogP contribution in [0.1, 0.15) is 52.4 Å². The summed E-state index contributed by atoms with van der Waals surface area (Å²) >= 11 is 0. The van der Waals surface area contributed by atoms with Gasteiger partial charge in [-0.05, 0) is 36.6 Å². The maximum atomic E-state index is 12.0. The van der Waals surface area contributed by atoms with E-state index in [0.717, 1.165) is 13.0 Å². The van der Waals surface area contributed by atoms with Gasteiger partial charge in [0.15, 0.2) is 0 Å². The van der Waals surface area contributed by atoms with Crippen LogP contribution in [0.25, 0.3) is 0 Å². The third-order valence-electron chi connectivity index (χ3n) is 4.81. The van der Waals surface area contributed by atoms with Gasteiger partial charge in [0.05, 0.1) is 0 Å². The van der Waals surface area contributed by atoms with Gasteiger partial charge in [-0.3, -0.25) is 4.79 Å². The van der Waals surface area contributed by atoms with Crippen LogP contribution in [-0.2, 0) is 4.79 Å². The lowest BCUT2D eigenvalue weighted by atomic mass is 9.74. The molecule has 98 valence electrons. The van der Waals surface area contributed by atoms with Gasteiger partial charge < -0.3 is 11.1 Å². The highest BCUT2D eigenvalue weighted by Gasteiger charge is 2.50. The van der Waals surface area contributed by atoms with Gasteiger partial charge in [0.2, 0.25) is 5.91 Å². The van der Waals surface area contributed by atoms with Crippen LogP contribution in [0, 0.1) is 16.7 Å². The SMILES string of the molecule is CC1(C)CC1C(=O)NCC1(CN)CCCCC1. The van der Waals surface area contributed by atoms with Crippen molar-refractivity contribution >= 4 is 5.91 Å². The second-order valence-electron chi connectivity index (χ2n) is 6.73. The van der Waals surface area contributed by atoms with Crippen molar-refractivity contribution in [2.45, 2.75) is 52.4 Å². The van der Waals surface area contributed by atoms with E-state index in [-0.39, 0.29) is 22.7 Å². The lowest BCUT2D eigenvalue weighted by Crippen LogP contribution is -2.44. The Morgan fingerprint density at radius 2 is 1.88 bits per heavy atom. The number of amides is 1. The molecular weight excluding hydrogens is 212 g/mol. The molecule has 2 saturated carbocycles. The van der Waals surface area contributed by atoms with E-state index in [1.807, 2.05) is 0 Å². The largest absolute Gasteiger partial charge is 0.355 e. The number of hydrogen-bond donors (Lipinski definition) is 2. The summed E-state index contributed by atoms with van der Waals surface area (Å²) in [4.78, 5) is 12.0. The van der Waals surface area contributed by atoms with E-state index in [2.05, 4.69) is 19.2 Å². The predicted molar refractivity (Wildman–Crippen MR) is 69.5 cm³/mol. The average molecular weight is 238 g/mol. The highest BCUT2D eigenvalue weighted by atomic mass is 16.2. The summed E-state index contributed by atoms with van der Waals surface area (Å²) in [5.41, 5.74) is 6.33. The highest BCUT2D eigenvalue weighted by molar-refractivity contribution is 5.82. The standard InChI is InChI=1S/C14H26N2O/c1-13(2)8-11(13)12(17)16-10-14(9-15)6-4-3-5-7-14/h11H,3-10,15H2,1-2H3,(H,16,17). The predicted octanol–water partition coefficient (Wildman–Crippen LogP) is 2.06. The van der Waals surface area contributed by atoms with Crippen LogP contribution >= 0.6 is 0 Å². The van der Waals surface area contributed by atoms with E-state index in [9.17, 15) is 4.79 Å². The Hall–Kier alpha value is -0.570. The first-order chi connectivity index (χ1) is 7.99. The Morgan fingerprint density at radius 1 is 1.29 bits per heavy atom. The molecule has 1 amide bonds. The zero-order chi connectivity index (χ0) is 12.5. The van der Waals surface area contributed by atoms with E-state index in [1.54, 1.807) is 0 Å². The van der Waals surface area contributed by atoms with Crippen molar-refractivity contribution < 1.29 is 4.79 Å². The maximum absolute atomic E-state index is 12.0. The van der Waals surface area contributed by atoms with Crippen molar-refractivity contribution in [3.8, 4) is 0 Å². The summed E-state index contributed by atoms with van der Waals surface area (Å²) in [6.07, 6.45) is 7.25. The minimum absolute atomic E-state index is 0.187. The van der Waals surface area contributed by atoms with Crippen molar-refractivity contribution in [1.82, 2.24) is 5.32 Å². The number of carbonyl (C=O) groups is 1. The molecule has 0 saturated heterocycles. The molecule has 3 nitrogen and oxygen atoms in total. The van der Waals surface area contributed by atoms with Crippen molar-refractivity contribution in [3.63, 3.8) is 0 Å². The van der Waals surface area contributed by atoms with Crippen LogP contribution in [-0.4, -0.2) is 19.0 Å². The van der Waals surface area contributed by atoms with Gasteiger partial charge in [-0.1, -0.05) is 33.1 Å². The molecule has 0 aliphatic heterocycles. The van der Waals surface area contributed by atoms with E-state index in [4.69, 9.17) is 5.73 Å². The van der Waals surface area contributed by atoms with Gasteiger partial charge in [-0.2, -0.15) is 0 Å². The third-order valence-corrected chi connectivity index (χ3v) is 4.81. The Morgan fingerprint density at radius 3 is 2.35 bits per heavy atom. The molecule has 0 aromatic carbocycles. The fourth-order valence-electron chi connectivity index (χ4n) is 3.07. The molecule has 1 atom stereocenters. The van der Waals surface area contributed by atoms with Gasteiger partial charge in [0, 0.05) is 12.5 Å². The molecule has 0 heterocycles.